The molecule has 20 heavy (non-hydrogen) atoms. The van der Waals surface area contributed by atoms with Gasteiger partial charge in [-0.25, -0.2) is 0 Å². The van der Waals surface area contributed by atoms with Crippen LogP contribution in [0.15, 0.2) is 0 Å². The molecule has 0 fully saturated rings. The molecule has 0 aromatic carbocycles. The molecule has 0 aliphatic carbocycles. The number of hydrogen-bond acceptors (Lipinski definition) is 5. The second kappa shape index (κ2) is 11.8. The third kappa shape index (κ3) is 5.92. The van der Waals surface area contributed by atoms with E-state index in [4.69, 9.17) is 22.1 Å². The third-order valence-corrected chi connectivity index (χ3v) is 10.8. The van der Waals surface area contributed by atoms with Gasteiger partial charge in [0.25, 0.3) is 0 Å². The first-order valence-corrected chi connectivity index (χ1v) is 11.2. The summed E-state index contributed by atoms with van der Waals surface area (Å²) in [6, 6.07) is 0. The van der Waals surface area contributed by atoms with Crippen LogP contribution in [0.25, 0.3) is 0 Å². The molecular formula is C13H32O5Si2. The van der Waals surface area contributed by atoms with Gasteiger partial charge in [-0.3, -0.25) is 0 Å². The van der Waals surface area contributed by atoms with Gasteiger partial charge in [0.15, 0.2) is 0 Å². The smallest absolute Gasteiger partial charge is 0.397 e. The summed E-state index contributed by atoms with van der Waals surface area (Å²) in [5.74, 6) is 0. The Morgan fingerprint density at radius 2 is 1.10 bits per heavy atom. The molecule has 0 rings (SSSR count). The van der Waals surface area contributed by atoms with Crippen LogP contribution in [-0.4, -0.2) is 51.1 Å². The van der Waals surface area contributed by atoms with Gasteiger partial charge in [-0.15, -0.1) is 0 Å². The average Bonchev–Trinajstić information content (AvgIpc) is 2.41. The van der Waals surface area contributed by atoms with E-state index in [0.29, 0.717) is 33.0 Å². The zero-order chi connectivity index (χ0) is 15.4. The van der Waals surface area contributed by atoms with E-state index < -0.39 is 18.1 Å². The Bertz CT molecular complexity index is 208. The normalized spacial score (nSPS) is 13.9. The fourth-order valence-electron chi connectivity index (χ4n) is 2.27. The highest BCUT2D eigenvalue weighted by atomic mass is 28.4. The minimum absolute atomic E-state index is 0.127. The summed E-state index contributed by atoms with van der Waals surface area (Å²) in [5, 5.41) is 0.127. The Hall–Kier alpha value is 0.234. The first-order chi connectivity index (χ1) is 9.65. The third-order valence-electron chi connectivity index (χ3n) is 2.92. The van der Waals surface area contributed by atoms with Gasteiger partial charge >= 0.3 is 18.1 Å². The summed E-state index contributed by atoms with van der Waals surface area (Å²) in [4.78, 5) is 0. The van der Waals surface area contributed by atoms with Crippen LogP contribution in [0.3, 0.4) is 0 Å². The molecule has 0 spiro atoms. The molecule has 0 saturated heterocycles. The van der Waals surface area contributed by atoms with E-state index in [2.05, 4.69) is 6.92 Å². The monoisotopic (exact) mass is 324 g/mol. The SMILES string of the molecule is CCO[SiH](OCC)C(CC)[Si](OCC)(OCC)OCC. The zero-order valence-corrected chi connectivity index (χ0v) is 16.1. The molecule has 1 unspecified atom stereocenters. The lowest BCUT2D eigenvalue weighted by Crippen LogP contribution is -2.56. The van der Waals surface area contributed by atoms with Crippen LogP contribution < -0.4 is 0 Å². The van der Waals surface area contributed by atoms with Gasteiger partial charge < -0.3 is 22.1 Å². The molecule has 0 bridgehead atoms. The molecule has 0 N–H and O–H groups in total. The Morgan fingerprint density at radius 1 is 0.700 bits per heavy atom. The van der Waals surface area contributed by atoms with Gasteiger partial charge in [0, 0.05) is 33.0 Å². The molecule has 7 heteroatoms. The molecule has 0 saturated carbocycles. The molecule has 0 aromatic rings. The van der Waals surface area contributed by atoms with Crippen molar-refractivity contribution < 1.29 is 22.1 Å². The summed E-state index contributed by atoms with van der Waals surface area (Å²) < 4.78 is 29.8. The molecule has 0 radical (unpaired) electrons. The lowest BCUT2D eigenvalue weighted by atomic mass is 10.6. The van der Waals surface area contributed by atoms with E-state index in [1.165, 1.54) is 0 Å². The Morgan fingerprint density at radius 3 is 1.35 bits per heavy atom. The fourth-order valence-corrected chi connectivity index (χ4v) is 9.25. The second-order valence-corrected chi connectivity index (χ2v) is 9.89. The molecule has 0 amide bonds. The Balaban J connectivity index is 5.27. The van der Waals surface area contributed by atoms with Gasteiger partial charge in [-0.2, -0.15) is 0 Å². The average molecular weight is 325 g/mol. The first-order valence-electron chi connectivity index (χ1n) is 7.80. The number of hydrogen-bond donors (Lipinski definition) is 0. The van der Waals surface area contributed by atoms with Crippen LogP contribution >= 0.6 is 0 Å². The van der Waals surface area contributed by atoms with Crippen molar-refractivity contribution in [1.82, 2.24) is 0 Å². The van der Waals surface area contributed by atoms with E-state index in [9.17, 15) is 0 Å². The summed E-state index contributed by atoms with van der Waals surface area (Å²) in [5.41, 5.74) is 0. The van der Waals surface area contributed by atoms with Crippen LogP contribution in [0.1, 0.15) is 48.0 Å². The maximum atomic E-state index is 6.01. The molecule has 0 aliphatic rings. The molecule has 0 aliphatic heterocycles. The van der Waals surface area contributed by atoms with Crippen molar-refractivity contribution in [1.29, 1.82) is 0 Å². The fraction of sp³-hybridized carbons (Fsp3) is 1.00. The van der Waals surface area contributed by atoms with Gasteiger partial charge in [0.1, 0.15) is 0 Å². The summed E-state index contributed by atoms with van der Waals surface area (Å²) in [7, 11) is -4.63. The van der Waals surface area contributed by atoms with Crippen molar-refractivity contribution in [2.45, 2.75) is 53.1 Å². The topological polar surface area (TPSA) is 46.2 Å². The molecule has 1 atom stereocenters. The summed E-state index contributed by atoms with van der Waals surface area (Å²) >= 11 is 0. The van der Waals surface area contributed by atoms with E-state index in [1.807, 2.05) is 34.6 Å². The van der Waals surface area contributed by atoms with Crippen molar-refractivity contribution in [2.24, 2.45) is 0 Å². The lowest BCUT2D eigenvalue weighted by molar-refractivity contribution is 0.0615. The van der Waals surface area contributed by atoms with Gasteiger partial charge in [-0.05, 0) is 41.0 Å². The maximum Gasteiger partial charge on any atom is 0.505 e. The van der Waals surface area contributed by atoms with Crippen LogP contribution in [0.2, 0.25) is 5.16 Å². The highest BCUT2D eigenvalue weighted by molar-refractivity contribution is 6.76. The van der Waals surface area contributed by atoms with Crippen LogP contribution in [-0.2, 0) is 22.1 Å². The van der Waals surface area contributed by atoms with Crippen molar-refractivity contribution in [3.05, 3.63) is 0 Å². The molecular weight excluding hydrogens is 292 g/mol. The second-order valence-electron chi connectivity index (χ2n) is 4.20. The molecule has 122 valence electrons. The Kier molecular flexibility index (Phi) is 12.0. The van der Waals surface area contributed by atoms with Crippen LogP contribution in [0.4, 0.5) is 0 Å². The standard InChI is InChI=1S/C13H32O5Si2/c1-7-13(19(14-8-2)15-9-3)20(16-10-4,17-11-5)18-12-6/h13,19H,7-12H2,1-6H3. The van der Waals surface area contributed by atoms with Crippen molar-refractivity contribution in [3.8, 4) is 0 Å². The largest absolute Gasteiger partial charge is 0.505 e. The van der Waals surface area contributed by atoms with Crippen LogP contribution in [0.5, 0.6) is 0 Å². The van der Waals surface area contributed by atoms with Crippen LogP contribution in [0, 0.1) is 0 Å². The highest BCUT2D eigenvalue weighted by Gasteiger charge is 2.53. The van der Waals surface area contributed by atoms with E-state index in [-0.39, 0.29) is 5.16 Å². The quantitative estimate of drug-likeness (QED) is 0.487. The Labute approximate surface area is 127 Å². The minimum Gasteiger partial charge on any atom is -0.397 e. The maximum absolute atomic E-state index is 6.01. The molecule has 0 heterocycles. The predicted octanol–water partition coefficient (Wildman–Crippen LogP) is 2.65. The summed E-state index contributed by atoms with van der Waals surface area (Å²) in [6.45, 7) is 15.1. The molecule has 5 nitrogen and oxygen atoms in total. The van der Waals surface area contributed by atoms with Crippen molar-refractivity contribution in [3.63, 3.8) is 0 Å². The van der Waals surface area contributed by atoms with Gasteiger partial charge in [-0.1, -0.05) is 6.92 Å². The van der Waals surface area contributed by atoms with E-state index in [0.717, 1.165) is 6.42 Å². The zero-order valence-electron chi connectivity index (χ0n) is 13.9. The van der Waals surface area contributed by atoms with E-state index in [1.54, 1.807) is 0 Å². The summed E-state index contributed by atoms with van der Waals surface area (Å²) in [6.07, 6.45) is 0.892. The molecule has 0 aromatic heterocycles. The minimum atomic E-state index is -2.75. The first kappa shape index (κ1) is 20.2. The van der Waals surface area contributed by atoms with Gasteiger partial charge in [0.05, 0.1) is 5.16 Å². The number of rotatable bonds is 13. The predicted molar refractivity (Wildman–Crippen MR) is 85.1 cm³/mol. The highest BCUT2D eigenvalue weighted by Crippen LogP contribution is 2.32. The lowest BCUT2D eigenvalue weighted by Gasteiger charge is -2.37. The van der Waals surface area contributed by atoms with Crippen molar-refractivity contribution in [2.75, 3.05) is 33.0 Å². The van der Waals surface area contributed by atoms with Crippen molar-refractivity contribution >= 4 is 18.1 Å². The van der Waals surface area contributed by atoms with E-state index >= 15 is 0 Å². The van der Waals surface area contributed by atoms with Gasteiger partial charge in [0.2, 0.25) is 0 Å².